The molecule has 1 atom stereocenters. The predicted molar refractivity (Wildman–Crippen MR) is 116 cm³/mol. The molecule has 1 saturated carbocycles. The van der Waals surface area contributed by atoms with Crippen LogP contribution < -0.4 is 5.32 Å². The number of carbonyl (C=O) groups is 1. The van der Waals surface area contributed by atoms with Gasteiger partial charge in [-0.2, -0.15) is 13.2 Å². The molecule has 1 aromatic rings. The minimum atomic E-state index is -4.87. The van der Waals surface area contributed by atoms with Gasteiger partial charge in [-0.1, -0.05) is 43.2 Å². The van der Waals surface area contributed by atoms with Gasteiger partial charge in [-0.15, -0.1) is 0 Å². The van der Waals surface area contributed by atoms with Crippen LogP contribution >= 0.6 is 11.8 Å². The van der Waals surface area contributed by atoms with Crippen molar-refractivity contribution in [1.82, 2.24) is 10.2 Å². The molecular weight excluding hydrogens is 449 g/mol. The van der Waals surface area contributed by atoms with E-state index in [2.05, 4.69) is 5.32 Å². The lowest BCUT2D eigenvalue weighted by atomic mass is 9.86. The summed E-state index contributed by atoms with van der Waals surface area (Å²) in [6.45, 7) is 0. The Labute approximate surface area is 184 Å². The van der Waals surface area contributed by atoms with Gasteiger partial charge in [0, 0.05) is 25.1 Å². The monoisotopic (exact) mass is 474 g/mol. The van der Waals surface area contributed by atoms with Gasteiger partial charge in [0.05, 0.1) is 10.5 Å². The lowest BCUT2D eigenvalue weighted by molar-refractivity contribution is -0.139. The number of thioether (sulfide) groups is 1. The second-order valence-electron chi connectivity index (χ2n) is 7.87. The summed E-state index contributed by atoms with van der Waals surface area (Å²) in [5.74, 6) is -0.399. The van der Waals surface area contributed by atoms with E-state index in [4.69, 9.17) is 0 Å². The highest BCUT2D eigenvalue weighted by Gasteiger charge is 2.37. The van der Waals surface area contributed by atoms with E-state index in [0.717, 1.165) is 50.5 Å². The Hall–Kier alpha value is -1.94. The molecule has 1 heterocycles. The van der Waals surface area contributed by atoms with Crippen LogP contribution in [0.3, 0.4) is 0 Å². The van der Waals surface area contributed by atoms with Crippen molar-refractivity contribution < 1.29 is 26.4 Å². The van der Waals surface area contributed by atoms with Gasteiger partial charge in [0.15, 0.2) is 15.3 Å². The first-order valence-corrected chi connectivity index (χ1v) is 12.8. The summed E-state index contributed by atoms with van der Waals surface area (Å²) in [6.07, 6.45) is 4.25. The molecule has 31 heavy (non-hydrogen) atoms. The number of hydrogen-bond donors (Lipinski definition) is 1. The van der Waals surface area contributed by atoms with Crippen molar-refractivity contribution in [2.75, 3.05) is 13.3 Å². The minimum Gasteiger partial charge on any atom is -0.351 e. The third kappa shape index (κ3) is 5.85. The number of sulfone groups is 1. The Morgan fingerprint density at radius 1 is 1.23 bits per heavy atom. The van der Waals surface area contributed by atoms with Crippen LogP contribution in [0.5, 0.6) is 0 Å². The van der Waals surface area contributed by atoms with Gasteiger partial charge in [0.25, 0.3) is 5.91 Å². The van der Waals surface area contributed by atoms with E-state index in [1.807, 2.05) is 5.41 Å². The van der Waals surface area contributed by atoms with Gasteiger partial charge in [-0.25, -0.2) is 8.42 Å². The van der Waals surface area contributed by atoms with Crippen molar-refractivity contribution in [2.24, 2.45) is 5.92 Å². The molecule has 1 unspecified atom stereocenters. The van der Waals surface area contributed by atoms with E-state index in [0.29, 0.717) is 0 Å². The number of amides is 1. The molecule has 1 aliphatic carbocycles. The summed E-state index contributed by atoms with van der Waals surface area (Å²) in [5.41, 5.74) is -1.43. The first kappa shape index (κ1) is 23.7. The van der Waals surface area contributed by atoms with Crippen molar-refractivity contribution in [2.45, 2.75) is 48.7 Å². The first-order valence-electron chi connectivity index (χ1n) is 9.95. The smallest absolute Gasteiger partial charge is 0.351 e. The molecule has 170 valence electrons. The highest BCUT2D eigenvalue weighted by atomic mass is 32.2. The van der Waals surface area contributed by atoms with E-state index in [1.54, 1.807) is 24.2 Å². The van der Waals surface area contributed by atoms with Crippen LogP contribution in [0.4, 0.5) is 13.2 Å². The molecule has 0 spiro atoms. The van der Waals surface area contributed by atoms with E-state index < -0.39 is 32.4 Å². The Bertz CT molecular complexity index is 998. The standard InChI is InChI=1S/C21H25F3N2O3S2/c1-26-10-11-30-20(26)25-19(27)16(12-14-6-4-3-5-7-14)15-8-9-18(31(2,28)29)17(13-15)21(22,23)24/h8-14,20H,3-7H2,1-2H3,(H,25,27)/b16-12+. The van der Waals surface area contributed by atoms with Crippen molar-refractivity contribution >= 4 is 33.1 Å². The zero-order valence-corrected chi connectivity index (χ0v) is 18.9. The fourth-order valence-corrected chi connectivity index (χ4v) is 5.53. The van der Waals surface area contributed by atoms with Gasteiger partial charge in [-0.05, 0) is 41.9 Å². The predicted octanol–water partition coefficient (Wildman–Crippen LogP) is 4.62. The summed E-state index contributed by atoms with van der Waals surface area (Å²) in [4.78, 5) is 14.1. The molecule has 5 nitrogen and oxygen atoms in total. The summed E-state index contributed by atoms with van der Waals surface area (Å²) < 4.78 is 64.8. The van der Waals surface area contributed by atoms with Crippen molar-refractivity contribution in [3.63, 3.8) is 0 Å². The van der Waals surface area contributed by atoms with E-state index in [1.165, 1.54) is 17.8 Å². The maximum atomic E-state index is 13.7. The molecule has 0 saturated heterocycles. The molecule has 0 bridgehead atoms. The number of nitrogens with zero attached hydrogens (tertiary/aromatic N) is 1. The second-order valence-corrected chi connectivity index (χ2v) is 10.8. The summed E-state index contributed by atoms with van der Waals surface area (Å²) in [6, 6.07) is 2.99. The third-order valence-electron chi connectivity index (χ3n) is 5.42. The lowest BCUT2D eigenvalue weighted by Gasteiger charge is -2.24. The van der Waals surface area contributed by atoms with E-state index in [9.17, 15) is 26.4 Å². The third-order valence-corrected chi connectivity index (χ3v) is 7.56. The number of rotatable bonds is 5. The minimum absolute atomic E-state index is 0.0569. The first-order chi connectivity index (χ1) is 14.5. The number of alkyl halides is 3. The summed E-state index contributed by atoms with van der Waals surface area (Å²) >= 11 is 1.38. The van der Waals surface area contributed by atoms with Crippen LogP contribution in [0, 0.1) is 5.92 Å². The second kappa shape index (κ2) is 9.28. The Kier molecular flexibility index (Phi) is 7.10. The summed E-state index contributed by atoms with van der Waals surface area (Å²) in [5, 5.41) is 4.66. The Morgan fingerprint density at radius 3 is 2.45 bits per heavy atom. The lowest BCUT2D eigenvalue weighted by Crippen LogP contribution is -2.40. The fraction of sp³-hybridized carbons (Fsp3) is 0.476. The highest BCUT2D eigenvalue weighted by molar-refractivity contribution is 8.02. The molecule has 3 rings (SSSR count). The molecule has 10 heteroatoms. The molecule has 1 fully saturated rings. The quantitative estimate of drug-likeness (QED) is 0.631. The van der Waals surface area contributed by atoms with Gasteiger partial charge in [0.2, 0.25) is 0 Å². The average molecular weight is 475 g/mol. The maximum absolute atomic E-state index is 13.7. The molecule has 1 aliphatic heterocycles. The summed E-state index contributed by atoms with van der Waals surface area (Å²) in [7, 11) is -2.30. The maximum Gasteiger partial charge on any atom is 0.417 e. The van der Waals surface area contributed by atoms with Gasteiger partial charge >= 0.3 is 6.18 Å². The number of benzene rings is 1. The number of halogens is 3. The van der Waals surface area contributed by atoms with Crippen molar-refractivity contribution in [3.05, 3.63) is 47.0 Å². The molecule has 0 radical (unpaired) electrons. The normalized spacial score (nSPS) is 20.9. The van der Waals surface area contributed by atoms with Crippen LogP contribution in [0.15, 0.2) is 40.8 Å². The zero-order chi connectivity index (χ0) is 22.8. The molecular formula is C21H25F3N2O3S2. The largest absolute Gasteiger partial charge is 0.417 e. The van der Waals surface area contributed by atoms with Crippen LogP contribution in [-0.4, -0.2) is 38.0 Å². The number of hydrogen-bond acceptors (Lipinski definition) is 5. The molecule has 0 aromatic heterocycles. The van der Waals surface area contributed by atoms with Crippen molar-refractivity contribution in [1.29, 1.82) is 0 Å². The fourth-order valence-electron chi connectivity index (χ4n) is 3.79. The topological polar surface area (TPSA) is 66.5 Å². The van der Waals surface area contributed by atoms with E-state index >= 15 is 0 Å². The van der Waals surface area contributed by atoms with Gasteiger partial charge < -0.3 is 10.2 Å². The number of allylic oxidation sites excluding steroid dienone is 1. The van der Waals surface area contributed by atoms with Crippen LogP contribution in [0.1, 0.15) is 43.2 Å². The number of nitrogens with one attached hydrogen (secondary N) is 1. The zero-order valence-electron chi connectivity index (χ0n) is 17.3. The Balaban J connectivity index is 2.04. The van der Waals surface area contributed by atoms with Crippen LogP contribution in [0.25, 0.3) is 5.57 Å². The van der Waals surface area contributed by atoms with Crippen LogP contribution in [-0.2, 0) is 20.8 Å². The van der Waals surface area contributed by atoms with Gasteiger partial charge in [0.1, 0.15) is 0 Å². The van der Waals surface area contributed by atoms with Gasteiger partial charge in [-0.3, -0.25) is 4.79 Å². The average Bonchev–Trinajstić information content (AvgIpc) is 3.09. The molecule has 2 aliphatic rings. The highest BCUT2D eigenvalue weighted by Crippen LogP contribution is 2.37. The van der Waals surface area contributed by atoms with E-state index in [-0.39, 0.29) is 22.6 Å². The molecule has 1 amide bonds. The molecule has 1 aromatic carbocycles. The Morgan fingerprint density at radius 2 is 1.90 bits per heavy atom. The van der Waals surface area contributed by atoms with Crippen molar-refractivity contribution in [3.8, 4) is 0 Å². The molecule has 1 N–H and O–H groups in total. The van der Waals surface area contributed by atoms with Crippen LogP contribution in [0.2, 0.25) is 0 Å². The SMILES string of the molecule is CN1C=CSC1NC(=O)/C(=C/C1CCCCC1)c1ccc(S(C)(=O)=O)c(C(F)(F)F)c1. The number of carbonyl (C=O) groups excluding carboxylic acids is 1.